The maximum atomic E-state index is 5.38. The fourth-order valence-corrected chi connectivity index (χ4v) is 2.67. The predicted octanol–water partition coefficient (Wildman–Crippen LogP) is 2.52. The average molecular weight is 255 g/mol. The van der Waals surface area contributed by atoms with Gasteiger partial charge in [-0.25, -0.2) is 0 Å². The molecule has 0 unspecified atom stereocenters. The molecule has 1 atom stereocenters. The van der Waals surface area contributed by atoms with Gasteiger partial charge in [0.25, 0.3) is 0 Å². The van der Waals surface area contributed by atoms with Crippen LogP contribution in [0.5, 0.6) is 0 Å². The molecule has 2 rings (SSSR count). The van der Waals surface area contributed by atoms with Crippen LogP contribution in [-0.2, 0) is 5.75 Å². The van der Waals surface area contributed by atoms with Crippen molar-refractivity contribution < 1.29 is 4.52 Å². The minimum Gasteiger partial charge on any atom is -0.339 e. The molecule has 0 bridgehead atoms. The van der Waals surface area contributed by atoms with E-state index < -0.39 is 0 Å². The molecule has 0 amide bonds. The molecule has 1 aliphatic heterocycles. The van der Waals surface area contributed by atoms with Crippen LogP contribution < -0.4 is 0 Å². The maximum absolute atomic E-state index is 5.38. The third-order valence-electron chi connectivity index (χ3n) is 3.29. The SMILES string of the molecule is CSCc1noc([C@@H]2CCCN(C(C)C)C2)n1. The van der Waals surface area contributed by atoms with Crippen LogP contribution >= 0.6 is 11.8 Å². The van der Waals surface area contributed by atoms with E-state index in [4.69, 9.17) is 4.52 Å². The molecule has 2 heterocycles. The number of piperidine rings is 1. The molecule has 4 nitrogen and oxygen atoms in total. The van der Waals surface area contributed by atoms with Gasteiger partial charge in [-0.1, -0.05) is 5.16 Å². The first kappa shape index (κ1) is 12.9. The highest BCUT2D eigenvalue weighted by atomic mass is 32.2. The van der Waals surface area contributed by atoms with E-state index >= 15 is 0 Å². The van der Waals surface area contributed by atoms with E-state index in [1.807, 2.05) is 0 Å². The number of likely N-dealkylation sites (tertiary alicyclic amines) is 1. The van der Waals surface area contributed by atoms with Crippen LogP contribution in [0, 0.1) is 0 Å². The highest BCUT2D eigenvalue weighted by molar-refractivity contribution is 7.97. The highest BCUT2D eigenvalue weighted by Crippen LogP contribution is 2.26. The van der Waals surface area contributed by atoms with Gasteiger partial charge in [-0.05, 0) is 39.5 Å². The zero-order valence-corrected chi connectivity index (χ0v) is 11.7. The Morgan fingerprint density at radius 2 is 2.35 bits per heavy atom. The largest absolute Gasteiger partial charge is 0.339 e. The standard InChI is InChI=1S/C12H21N3OS/c1-9(2)15-6-4-5-10(7-15)12-13-11(8-17-3)14-16-12/h9-10H,4-8H2,1-3H3/t10-/m1/s1. The Kier molecular flexibility index (Phi) is 4.45. The minimum absolute atomic E-state index is 0.425. The zero-order chi connectivity index (χ0) is 12.3. The molecular weight excluding hydrogens is 234 g/mol. The van der Waals surface area contributed by atoms with Gasteiger partial charge in [0.15, 0.2) is 5.82 Å². The lowest BCUT2D eigenvalue weighted by atomic mass is 9.97. The molecule has 0 aromatic carbocycles. The lowest BCUT2D eigenvalue weighted by Gasteiger charge is -2.33. The van der Waals surface area contributed by atoms with Gasteiger partial charge >= 0.3 is 0 Å². The topological polar surface area (TPSA) is 42.2 Å². The summed E-state index contributed by atoms with van der Waals surface area (Å²) >= 11 is 1.72. The van der Waals surface area contributed by atoms with Gasteiger partial charge in [-0.2, -0.15) is 16.7 Å². The van der Waals surface area contributed by atoms with E-state index in [-0.39, 0.29) is 0 Å². The lowest BCUT2D eigenvalue weighted by molar-refractivity contribution is 0.153. The van der Waals surface area contributed by atoms with Gasteiger partial charge in [-0.15, -0.1) is 0 Å². The molecular formula is C12H21N3OS. The fourth-order valence-electron chi connectivity index (χ4n) is 2.30. The van der Waals surface area contributed by atoms with Crippen LogP contribution in [0.1, 0.15) is 44.3 Å². The second-order valence-corrected chi connectivity index (χ2v) is 5.78. The van der Waals surface area contributed by atoms with Crippen molar-refractivity contribution in [1.29, 1.82) is 0 Å². The predicted molar refractivity (Wildman–Crippen MR) is 70.2 cm³/mol. The van der Waals surface area contributed by atoms with Crippen LogP contribution in [0.15, 0.2) is 4.52 Å². The first-order valence-electron chi connectivity index (χ1n) is 6.26. The molecule has 1 aromatic rings. The summed E-state index contributed by atoms with van der Waals surface area (Å²) in [5.74, 6) is 2.92. The molecule has 1 aliphatic rings. The van der Waals surface area contributed by atoms with Crippen molar-refractivity contribution in [2.75, 3.05) is 19.3 Å². The van der Waals surface area contributed by atoms with Crippen LogP contribution in [0.2, 0.25) is 0 Å². The van der Waals surface area contributed by atoms with E-state index in [0.717, 1.165) is 24.0 Å². The summed E-state index contributed by atoms with van der Waals surface area (Å²) < 4.78 is 5.38. The zero-order valence-electron chi connectivity index (χ0n) is 10.8. The molecule has 0 saturated carbocycles. The number of hydrogen-bond donors (Lipinski definition) is 0. The van der Waals surface area contributed by atoms with Gasteiger partial charge in [0.05, 0.1) is 11.7 Å². The Hall–Kier alpha value is -0.550. The summed E-state index contributed by atoms with van der Waals surface area (Å²) in [5.41, 5.74) is 0. The Morgan fingerprint density at radius 1 is 1.53 bits per heavy atom. The van der Waals surface area contributed by atoms with E-state index in [1.54, 1.807) is 11.8 Å². The van der Waals surface area contributed by atoms with Gasteiger partial charge in [0.2, 0.25) is 5.89 Å². The van der Waals surface area contributed by atoms with E-state index in [1.165, 1.54) is 19.4 Å². The molecule has 1 aromatic heterocycles. The molecule has 17 heavy (non-hydrogen) atoms. The summed E-state index contributed by atoms with van der Waals surface area (Å²) in [6, 6.07) is 0.603. The van der Waals surface area contributed by atoms with Crippen molar-refractivity contribution in [3.63, 3.8) is 0 Å². The molecule has 96 valence electrons. The Labute approximate surface area is 107 Å². The maximum Gasteiger partial charge on any atom is 0.231 e. The van der Waals surface area contributed by atoms with Crippen LogP contribution in [0.25, 0.3) is 0 Å². The Bertz CT molecular complexity index is 353. The summed E-state index contributed by atoms with van der Waals surface area (Å²) in [5, 5.41) is 4.03. The molecule has 0 radical (unpaired) electrons. The summed E-state index contributed by atoms with van der Waals surface area (Å²) in [7, 11) is 0. The van der Waals surface area contributed by atoms with Crippen molar-refractivity contribution >= 4 is 11.8 Å². The normalized spacial score (nSPS) is 22.2. The first-order valence-corrected chi connectivity index (χ1v) is 7.65. The van der Waals surface area contributed by atoms with Crippen molar-refractivity contribution in [3.8, 4) is 0 Å². The Morgan fingerprint density at radius 3 is 3.06 bits per heavy atom. The van der Waals surface area contributed by atoms with Gasteiger partial charge in [-0.3, -0.25) is 0 Å². The van der Waals surface area contributed by atoms with Crippen molar-refractivity contribution in [1.82, 2.24) is 15.0 Å². The van der Waals surface area contributed by atoms with Crippen molar-refractivity contribution in [3.05, 3.63) is 11.7 Å². The summed E-state index contributed by atoms with van der Waals surface area (Å²) in [6.07, 6.45) is 4.45. The summed E-state index contributed by atoms with van der Waals surface area (Å²) in [6.45, 7) is 6.74. The first-order chi connectivity index (χ1) is 8.20. The van der Waals surface area contributed by atoms with Crippen LogP contribution in [0.3, 0.4) is 0 Å². The second-order valence-electron chi connectivity index (χ2n) is 4.91. The second kappa shape index (κ2) is 5.87. The quantitative estimate of drug-likeness (QED) is 0.827. The minimum atomic E-state index is 0.425. The van der Waals surface area contributed by atoms with Gasteiger partial charge < -0.3 is 9.42 Å². The number of aromatic nitrogens is 2. The number of hydrogen-bond acceptors (Lipinski definition) is 5. The Balaban J connectivity index is 2.00. The number of thioether (sulfide) groups is 1. The lowest BCUT2D eigenvalue weighted by Crippen LogP contribution is -2.39. The van der Waals surface area contributed by atoms with Gasteiger partial charge in [0.1, 0.15) is 0 Å². The van der Waals surface area contributed by atoms with Crippen molar-refractivity contribution in [2.45, 2.75) is 44.4 Å². The average Bonchev–Trinajstić information content (AvgIpc) is 2.78. The third-order valence-corrected chi connectivity index (χ3v) is 3.84. The molecule has 0 N–H and O–H groups in total. The van der Waals surface area contributed by atoms with E-state index in [0.29, 0.717) is 12.0 Å². The fraction of sp³-hybridized carbons (Fsp3) is 0.833. The van der Waals surface area contributed by atoms with E-state index in [9.17, 15) is 0 Å². The van der Waals surface area contributed by atoms with E-state index in [2.05, 4.69) is 35.1 Å². The summed E-state index contributed by atoms with van der Waals surface area (Å²) in [4.78, 5) is 6.98. The molecule has 1 saturated heterocycles. The third kappa shape index (κ3) is 3.22. The van der Waals surface area contributed by atoms with Crippen LogP contribution in [-0.4, -0.2) is 40.4 Å². The van der Waals surface area contributed by atoms with Gasteiger partial charge in [0, 0.05) is 12.6 Å². The van der Waals surface area contributed by atoms with Crippen LogP contribution in [0.4, 0.5) is 0 Å². The number of rotatable bonds is 4. The smallest absolute Gasteiger partial charge is 0.231 e. The van der Waals surface area contributed by atoms with Crippen molar-refractivity contribution in [2.24, 2.45) is 0 Å². The molecule has 0 spiro atoms. The molecule has 0 aliphatic carbocycles. The number of nitrogens with zero attached hydrogens (tertiary/aromatic N) is 3. The monoisotopic (exact) mass is 255 g/mol. The highest BCUT2D eigenvalue weighted by Gasteiger charge is 2.26. The molecule has 5 heteroatoms. The molecule has 1 fully saturated rings.